The Morgan fingerprint density at radius 2 is 1.62 bits per heavy atom. The van der Waals surface area contributed by atoms with E-state index in [1.807, 2.05) is 0 Å². The largest absolute Gasteiger partial charge is 0.416 e. The number of aliphatic imine (C=N–C) groups is 1. The van der Waals surface area contributed by atoms with Crippen LogP contribution >= 0.6 is 0 Å². The molecule has 1 fully saturated rings. The van der Waals surface area contributed by atoms with E-state index in [-0.39, 0.29) is 18.2 Å². The number of halogens is 6. The SMILES string of the molecule is CC(OC1OCC[C@@H](N=C=O)[C@H]1c1ccccc1)c1cc(C(F)(F)F)cc(C(F)(F)F)c1. The molecule has 0 spiro atoms. The first-order valence-corrected chi connectivity index (χ1v) is 9.69. The van der Waals surface area contributed by atoms with E-state index in [9.17, 15) is 31.1 Å². The van der Waals surface area contributed by atoms with Crippen LogP contribution in [0, 0.1) is 0 Å². The number of rotatable bonds is 5. The van der Waals surface area contributed by atoms with Gasteiger partial charge in [-0.05, 0) is 42.7 Å². The summed E-state index contributed by atoms with van der Waals surface area (Å²) in [5.41, 5.74) is -2.45. The molecular weight excluding hydrogens is 440 g/mol. The van der Waals surface area contributed by atoms with Crippen LogP contribution in [0.3, 0.4) is 0 Å². The zero-order valence-electron chi connectivity index (χ0n) is 16.8. The van der Waals surface area contributed by atoms with E-state index in [1.54, 1.807) is 30.3 Å². The molecule has 172 valence electrons. The number of hydrogen-bond donors (Lipinski definition) is 0. The molecule has 0 saturated carbocycles. The van der Waals surface area contributed by atoms with Crippen molar-refractivity contribution in [2.45, 2.75) is 50.1 Å². The van der Waals surface area contributed by atoms with Crippen LogP contribution in [0.15, 0.2) is 53.5 Å². The molecule has 10 heteroatoms. The van der Waals surface area contributed by atoms with Gasteiger partial charge in [0.1, 0.15) is 0 Å². The number of nitrogens with zero attached hydrogens (tertiary/aromatic N) is 1. The van der Waals surface area contributed by atoms with Crippen molar-refractivity contribution >= 4 is 6.08 Å². The predicted molar refractivity (Wildman–Crippen MR) is 101 cm³/mol. The number of carbonyl (C=O) groups excluding carboxylic acids is 1. The molecule has 2 unspecified atom stereocenters. The van der Waals surface area contributed by atoms with Gasteiger partial charge in [0.05, 0.1) is 35.8 Å². The third-order valence-electron chi connectivity index (χ3n) is 5.22. The molecule has 0 N–H and O–H groups in total. The van der Waals surface area contributed by atoms with E-state index in [0.29, 0.717) is 24.1 Å². The number of isocyanates is 1. The molecule has 1 heterocycles. The van der Waals surface area contributed by atoms with Gasteiger partial charge in [-0.25, -0.2) is 9.79 Å². The fourth-order valence-corrected chi connectivity index (χ4v) is 3.65. The fraction of sp³-hybridized carbons (Fsp3) is 0.409. The molecule has 1 aliphatic heterocycles. The van der Waals surface area contributed by atoms with Crippen LogP contribution in [-0.2, 0) is 26.6 Å². The summed E-state index contributed by atoms with van der Waals surface area (Å²) in [4.78, 5) is 14.7. The lowest BCUT2D eigenvalue weighted by atomic mass is 9.87. The molecule has 3 rings (SSSR count). The molecule has 0 bridgehead atoms. The van der Waals surface area contributed by atoms with Gasteiger partial charge >= 0.3 is 12.4 Å². The van der Waals surface area contributed by atoms with Crippen molar-refractivity contribution in [1.82, 2.24) is 0 Å². The summed E-state index contributed by atoms with van der Waals surface area (Å²) >= 11 is 0. The maximum atomic E-state index is 13.2. The summed E-state index contributed by atoms with van der Waals surface area (Å²) in [6.07, 6.45) is -10.3. The van der Waals surface area contributed by atoms with E-state index in [4.69, 9.17) is 9.47 Å². The molecule has 0 aromatic heterocycles. The van der Waals surface area contributed by atoms with Gasteiger partial charge in [-0.3, -0.25) is 0 Å². The van der Waals surface area contributed by atoms with Crippen LogP contribution in [0.1, 0.15) is 47.6 Å². The predicted octanol–water partition coefficient (Wildman–Crippen LogP) is 6.04. The van der Waals surface area contributed by atoms with Crippen molar-refractivity contribution in [3.63, 3.8) is 0 Å². The van der Waals surface area contributed by atoms with E-state index < -0.39 is 47.8 Å². The Labute approximate surface area is 179 Å². The van der Waals surface area contributed by atoms with E-state index >= 15 is 0 Å². The summed E-state index contributed by atoms with van der Waals surface area (Å²) in [7, 11) is 0. The Morgan fingerprint density at radius 3 is 2.16 bits per heavy atom. The second-order valence-electron chi connectivity index (χ2n) is 7.37. The molecule has 0 aliphatic carbocycles. The number of hydrogen-bond acceptors (Lipinski definition) is 4. The smallest absolute Gasteiger partial charge is 0.352 e. The average molecular weight is 459 g/mol. The van der Waals surface area contributed by atoms with Gasteiger partial charge in [0.2, 0.25) is 6.08 Å². The van der Waals surface area contributed by atoms with Crippen LogP contribution in [0.25, 0.3) is 0 Å². The summed E-state index contributed by atoms with van der Waals surface area (Å²) in [6.45, 7) is 1.49. The first-order valence-electron chi connectivity index (χ1n) is 9.69. The van der Waals surface area contributed by atoms with Gasteiger partial charge in [0, 0.05) is 0 Å². The molecule has 4 atom stereocenters. The molecule has 2 aromatic carbocycles. The summed E-state index contributed by atoms with van der Waals surface area (Å²) in [5, 5.41) is 0. The van der Waals surface area contributed by atoms with E-state index in [2.05, 4.69) is 4.99 Å². The van der Waals surface area contributed by atoms with Gasteiger partial charge in [-0.15, -0.1) is 0 Å². The first-order chi connectivity index (χ1) is 15.0. The number of alkyl halides is 6. The first kappa shape index (κ1) is 24.0. The van der Waals surface area contributed by atoms with Crippen LogP contribution in [-0.4, -0.2) is 25.0 Å². The van der Waals surface area contributed by atoms with Crippen molar-refractivity contribution in [2.24, 2.45) is 4.99 Å². The standard InChI is InChI=1S/C22H19F6NO3/c1-13(15-9-16(21(23,24)25)11-17(10-15)22(26,27)28)32-20-19(14-5-3-2-4-6-14)18(29-12-30)7-8-31-20/h2-6,9-11,13,18-20H,7-8H2,1H3/t13?,18-,19-,20?/m1/s1. The highest BCUT2D eigenvalue weighted by atomic mass is 19.4. The third kappa shape index (κ3) is 5.56. The van der Waals surface area contributed by atoms with Gasteiger partial charge in [0.15, 0.2) is 6.29 Å². The second kappa shape index (κ2) is 9.44. The number of ether oxygens (including phenoxy) is 2. The maximum Gasteiger partial charge on any atom is 0.416 e. The molecule has 0 amide bonds. The summed E-state index contributed by atoms with van der Waals surface area (Å²) in [5.74, 6) is -0.596. The molecular formula is C22H19F6NO3. The Morgan fingerprint density at radius 1 is 1.03 bits per heavy atom. The minimum atomic E-state index is -4.96. The monoisotopic (exact) mass is 459 g/mol. The van der Waals surface area contributed by atoms with Gasteiger partial charge < -0.3 is 9.47 Å². The lowest BCUT2D eigenvalue weighted by Crippen LogP contribution is -2.39. The number of benzene rings is 2. The second-order valence-corrected chi connectivity index (χ2v) is 7.37. The minimum Gasteiger partial charge on any atom is -0.352 e. The Balaban J connectivity index is 1.95. The van der Waals surface area contributed by atoms with Gasteiger partial charge in [-0.2, -0.15) is 26.3 Å². The Bertz CT molecular complexity index is 938. The third-order valence-corrected chi connectivity index (χ3v) is 5.22. The lowest BCUT2D eigenvalue weighted by molar-refractivity contribution is -0.200. The highest BCUT2D eigenvalue weighted by Crippen LogP contribution is 2.40. The molecule has 4 nitrogen and oxygen atoms in total. The topological polar surface area (TPSA) is 47.9 Å². The van der Waals surface area contributed by atoms with E-state index in [1.165, 1.54) is 13.0 Å². The van der Waals surface area contributed by atoms with Crippen molar-refractivity contribution < 1.29 is 40.6 Å². The normalized spacial score (nSPS) is 22.8. The van der Waals surface area contributed by atoms with E-state index in [0.717, 1.165) is 0 Å². The van der Waals surface area contributed by atoms with Crippen molar-refractivity contribution in [2.75, 3.05) is 6.61 Å². The quantitative estimate of drug-likeness (QED) is 0.311. The van der Waals surface area contributed by atoms with Crippen molar-refractivity contribution in [3.05, 3.63) is 70.8 Å². The molecule has 32 heavy (non-hydrogen) atoms. The molecule has 2 aromatic rings. The summed E-state index contributed by atoms with van der Waals surface area (Å²) < 4.78 is 90.6. The molecule has 1 saturated heterocycles. The molecule has 0 radical (unpaired) electrons. The zero-order valence-corrected chi connectivity index (χ0v) is 16.8. The van der Waals surface area contributed by atoms with Crippen LogP contribution in [0.2, 0.25) is 0 Å². The highest BCUT2D eigenvalue weighted by Gasteiger charge is 2.40. The van der Waals surface area contributed by atoms with Crippen molar-refractivity contribution in [1.29, 1.82) is 0 Å². The van der Waals surface area contributed by atoms with Crippen LogP contribution < -0.4 is 0 Å². The lowest BCUT2D eigenvalue weighted by Gasteiger charge is -2.37. The Kier molecular flexibility index (Phi) is 7.07. The zero-order chi connectivity index (χ0) is 23.5. The Hall–Kier alpha value is -2.68. The maximum absolute atomic E-state index is 13.2. The van der Waals surface area contributed by atoms with Crippen LogP contribution in [0.4, 0.5) is 26.3 Å². The van der Waals surface area contributed by atoms with Crippen molar-refractivity contribution in [3.8, 4) is 0 Å². The van der Waals surface area contributed by atoms with Gasteiger partial charge in [0.25, 0.3) is 0 Å². The van der Waals surface area contributed by atoms with Crippen LogP contribution in [0.5, 0.6) is 0 Å². The van der Waals surface area contributed by atoms with Gasteiger partial charge in [-0.1, -0.05) is 30.3 Å². The minimum absolute atomic E-state index is 0.0644. The molecule has 1 aliphatic rings. The fourth-order valence-electron chi connectivity index (χ4n) is 3.65. The summed E-state index contributed by atoms with van der Waals surface area (Å²) in [6, 6.07) is 9.51. The average Bonchev–Trinajstić information content (AvgIpc) is 2.73. The highest BCUT2D eigenvalue weighted by molar-refractivity contribution is 5.36.